The normalized spacial score (nSPS) is 11.1. The van der Waals surface area contributed by atoms with E-state index in [1.165, 1.54) is 16.7 Å². The molecule has 2 aromatic heterocycles. The van der Waals surface area contributed by atoms with E-state index in [1.807, 2.05) is 6.92 Å². The largest absolute Gasteiger partial charge is 0.358 e. The monoisotopic (exact) mass is 370 g/mol. The smallest absolute Gasteiger partial charge is 0.256 e. The molecular formula is C20H23FN4O2. The number of amides is 1. The Bertz CT molecular complexity index is 1080. The molecule has 6 nitrogen and oxygen atoms in total. The van der Waals surface area contributed by atoms with E-state index in [-0.39, 0.29) is 23.7 Å². The first-order valence-corrected chi connectivity index (χ1v) is 8.84. The highest BCUT2D eigenvalue weighted by Crippen LogP contribution is 2.23. The van der Waals surface area contributed by atoms with Crippen LogP contribution in [0.2, 0.25) is 0 Å². The molecule has 0 unspecified atom stereocenters. The van der Waals surface area contributed by atoms with E-state index < -0.39 is 0 Å². The number of rotatable bonds is 5. The van der Waals surface area contributed by atoms with Crippen molar-refractivity contribution >= 4 is 16.8 Å². The number of nitrogens with zero attached hydrogens (tertiary/aromatic N) is 2. The lowest BCUT2D eigenvalue weighted by Crippen LogP contribution is -2.31. The van der Waals surface area contributed by atoms with Crippen LogP contribution in [0.5, 0.6) is 0 Å². The van der Waals surface area contributed by atoms with E-state index in [9.17, 15) is 14.0 Å². The Balaban J connectivity index is 1.67. The standard InChI is InChI=1S/C20H23FN4O2/c1-11-18(24-13(3)25(4)20(11)27)10-19(26)22-8-7-15-12(2)23-17-6-5-14(21)9-16(15)17/h5-6,9,23H,7-8,10H2,1-4H3,(H,22,26). The lowest BCUT2D eigenvalue weighted by molar-refractivity contribution is -0.120. The molecule has 7 heteroatoms. The van der Waals surface area contributed by atoms with Crippen LogP contribution in [0.1, 0.15) is 28.3 Å². The summed E-state index contributed by atoms with van der Waals surface area (Å²) in [5.41, 5.74) is 3.68. The highest BCUT2D eigenvalue weighted by atomic mass is 19.1. The Labute approximate surface area is 156 Å². The van der Waals surface area contributed by atoms with Crippen LogP contribution in [0.3, 0.4) is 0 Å². The van der Waals surface area contributed by atoms with Gasteiger partial charge in [-0.05, 0) is 51.0 Å². The molecule has 2 heterocycles. The number of carbonyl (C=O) groups excluding carboxylic acids is 1. The summed E-state index contributed by atoms with van der Waals surface area (Å²) in [4.78, 5) is 32.0. The Morgan fingerprint density at radius 2 is 2.04 bits per heavy atom. The Morgan fingerprint density at radius 3 is 2.78 bits per heavy atom. The first kappa shape index (κ1) is 18.8. The zero-order chi connectivity index (χ0) is 19.7. The fourth-order valence-electron chi connectivity index (χ4n) is 3.27. The first-order chi connectivity index (χ1) is 12.8. The molecule has 3 rings (SSSR count). The number of hydrogen-bond donors (Lipinski definition) is 2. The van der Waals surface area contributed by atoms with Crippen LogP contribution in [0.25, 0.3) is 10.9 Å². The third kappa shape index (κ3) is 3.77. The molecule has 0 aliphatic rings. The van der Waals surface area contributed by atoms with E-state index in [0.29, 0.717) is 30.0 Å². The van der Waals surface area contributed by atoms with Crippen molar-refractivity contribution in [1.29, 1.82) is 0 Å². The summed E-state index contributed by atoms with van der Waals surface area (Å²) in [6.07, 6.45) is 0.646. The number of hydrogen-bond acceptors (Lipinski definition) is 3. The maximum Gasteiger partial charge on any atom is 0.256 e. The van der Waals surface area contributed by atoms with Crippen molar-refractivity contribution in [3.63, 3.8) is 0 Å². The highest BCUT2D eigenvalue weighted by molar-refractivity contribution is 5.85. The topological polar surface area (TPSA) is 79.8 Å². The van der Waals surface area contributed by atoms with E-state index in [1.54, 1.807) is 27.0 Å². The lowest BCUT2D eigenvalue weighted by atomic mass is 10.1. The van der Waals surface area contributed by atoms with E-state index in [0.717, 1.165) is 22.2 Å². The van der Waals surface area contributed by atoms with Gasteiger partial charge in [-0.1, -0.05) is 0 Å². The maximum atomic E-state index is 13.5. The number of nitrogens with one attached hydrogen (secondary N) is 2. The molecule has 0 aliphatic carbocycles. The van der Waals surface area contributed by atoms with Gasteiger partial charge in [-0.25, -0.2) is 9.37 Å². The van der Waals surface area contributed by atoms with Crippen LogP contribution in [0, 0.1) is 26.6 Å². The summed E-state index contributed by atoms with van der Waals surface area (Å²) >= 11 is 0. The summed E-state index contributed by atoms with van der Waals surface area (Å²) in [7, 11) is 1.66. The molecule has 3 aromatic rings. The average Bonchev–Trinajstić information content (AvgIpc) is 2.93. The predicted octanol–water partition coefficient (Wildman–Crippen LogP) is 2.23. The van der Waals surface area contributed by atoms with E-state index >= 15 is 0 Å². The molecule has 0 saturated carbocycles. The summed E-state index contributed by atoms with van der Waals surface area (Å²) in [5.74, 6) is 0.0983. The van der Waals surface area contributed by atoms with Crippen LogP contribution in [-0.2, 0) is 24.7 Å². The van der Waals surface area contributed by atoms with Gasteiger partial charge in [0.1, 0.15) is 11.6 Å². The second kappa shape index (κ2) is 7.34. The van der Waals surface area contributed by atoms with E-state index in [4.69, 9.17) is 0 Å². The van der Waals surface area contributed by atoms with Gasteiger partial charge in [0.15, 0.2) is 0 Å². The molecule has 0 bridgehead atoms. The predicted molar refractivity (Wildman–Crippen MR) is 102 cm³/mol. The summed E-state index contributed by atoms with van der Waals surface area (Å²) in [6.45, 7) is 5.78. The molecule has 0 aliphatic heterocycles. The number of aromatic nitrogens is 3. The third-order valence-corrected chi connectivity index (χ3v) is 4.95. The molecule has 1 aromatic carbocycles. The maximum absolute atomic E-state index is 13.5. The van der Waals surface area contributed by atoms with Gasteiger partial charge in [0, 0.05) is 35.8 Å². The fraction of sp³-hybridized carbons (Fsp3) is 0.350. The van der Waals surface area contributed by atoms with Crippen LogP contribution in [-0.4, -0.2) is 27.0 Å². The van der Waals surface area contributed by atoms with E-state index in [2.05, 4.69) is 15.3 Å². The van der Waals surface area contributed by atoms with Crippen molar-refractivity contribution in [3.8, 4) is 0 Å². The molecule has 0 saturated heterocycles. The number of H-pyrrole nitrogens is 1. The summed E-state index contributed by atoms with van der Waals surface area (Å²) in [6, 6.07) is 4.64. The van der Waals surface area contributed by atoms with Gasteiger partial charge in [0.25, 0.3) is 5.56 Å². The molecule has 0 radical (unpaired) electrons. The third-order valence-electron chi connectivity index (χ3n) is 4.95. The van der Waals surface area contributed by atoms with Crippen molar-refractivity contribution in [2.24, 2.45) is 7.05 Å². The number of benzene rings is 1. The molecule has 2 N–H and O–H groups in total. The molecule has 142 valence electrons. The van der Waals surface area contributed by atoms with Crippen LogP contribution >= 0.6 is 0 Å². The number of aromatic amines is 1. The summed E-state index contributed by atoms with van der Waals surface area (Å²) < 4.78 is 15.0. The number of carbonyl (C=O) groups is 1. The van der Waals surface area contributed by atoms with Crippen LogP contribution in [0.15, 0.2) is 23.0 Å². The van der Waals surface area contributed by atoms with Crippen molar-refractivity contribution in [2.75, 3.05) is 6.54 Å². The van der Waals surface area contributed by atoms with Gasteiger partial charge in [-0.2, -0.15) is 0 Å². The zero-order valence-corrected chi connectivity index (χ0v) is 15.9. The van der Waals surface area contributed by atoms with Gasteiger partial charge >= 0.3 is 0 Å². The van der Waals surface area contributed by atoms with Gasteiger partial charge < -0.3 is 10.3 Å². The Hall–Kier alpha value is -2.96. The minimum absolute atomic E-state index is 0.0598. The van der Waals surface area contributed by atoms with Crippen molar-refractivity contribution in [1.82, 2.24) is 19.9 Å². The minimum Gasteiger partial charge on any atom is -0.358 e. The Kier molecular flexibility index (Phi) is 5.12. The van der Waals surface area contributed by atoms with Gasteiger partial charge in [-0.3, -0.25) is 14.2 Å². The fourth-order valence-corrected chi connectivity index (χ4v) is 3.27. The van der Waals surface area contributed by atoms with Crippen molar-refractivity contribution in [2.45, 2.75) is 33.6 Å². The number of fused-ring (bicyclic) bond motifs is 1. The molecule has 27 heavy (non-hydrogen) atoms. The molecule has 0 fully saturated rings. The quantitative estimate of drug-likeness (QED) is 0.723. The van der Waals surface area contributed by atoms with Crippen LogP contribution < -0.4 is 10.9 Å². The highest BCUT2D eigenvalue weighted by Gasteiger charge is 2.13. The van der Waals surface area contributed by atoms with Crippen molar-refractivity contribution < 1.29 is 9.18 Å². The second-order valence-corrected chi connectivity index (χ2v) is 6.79. The van der Waals surface area contributed by atoms with Crippen molar-refractivity contribution in [3.05, 3.63) is 62.7 Å². The number of halogens is 1. The zero-order valence-electron chi connectivity index (χ0n) is 15.9. The molecule has 0 atom stereocenters. The summed E-state index contributed by atoms with van der Waals surface area (Å²) in [5, 5.41) is 3.70. The molecule has 1 amide bonds. The molecule has 0 spiro atoms. The van der Waals surface area contributed by atoms with Gasteiger partial charge in [0.05, 0.1) is 12.1 Å². The Morgan fingerprint density at radius 1 is 1.30 bits per heavy atom. The first-order valence-electron chi connectivity index (χ1n) is 8.84. The SMILES string of the molecule is Cc1[nH]c2ccc(F)cc2c1CCNC(=O)Cc1nc(C)n(C)c(=O)c1C. The number of aryl methyl sites for hydroxylation is 2. The second-order valence-electron chi connectivity index (χ2n) is 6.79. The van der Waals surface area contributed by atoms with Gasteiger partial charge in [-0.15, -0.1) is 0 Å². The average molecular weight is 370 g/mol. The van der Waals surface area contributed by atoms with Crippen LogP contribution in [0.4, 0.5) is 4.39 Å². The minimum atomic E-state index is -0.283. The van der Waals surface area contributed by atoms with Gasteiger partial charge in [0.2, 0.25) is 5.91 Å². The lowest BCUT2D eigenvalue weighted by Gasteiger charge is -2.10. The molecular weight excluding hydrogens is 347 g/mol.